The van der Waals surface area contributed by atoms with Crippen LogP contribution >= 0.6 is 0 Å². The maximum Gasteiger partial charge on any atom is 0.131 e. The molecule has 0 aromatic heterocycles. The number of Topliss-reactive ketones (excluding diaryl/α,β-unsaturated/α-hetero) is 1. The minimum absolute atomic E-state index is 0.212. The second kappa shape index (κ2) is 6.09. The molecule has 0 amide bonds. The van der Waals surface area contributed by atoms with E-state index in [1.807, 2.05) is 0 Å². The summed E-state index contributed by atoms with van der Waals surface area (Å²) in [6.45, 7) is 10.5. The molecule has 1 atom stereocenters. The molecule has 1 aromatic rings. The van der Waals surface area contributed by atoms with Gasteiger partial charge in [0, 0.05) is 19.0 Å². The Morgan fingerprint density at radius 3 is 2.45 bits per heavy atom. The zero-order valence-electron chi connectivity index (χ0n) is 13.3. The van der Waals surface area contributed by atoms with Crippen LogP contribution < -0.4 is 0 Å². The van der Waals surface area contributed by atoms with Crippen molar-refractivity contribution in [3.8, 4) is 0 Å². The van der Waals surface area contributed by atoms with Gasteiger partial charge in [-0.1, -0.05) is 45.0 Å². The molecule has 0 radical (unpaired) electrons. The number of nitrogens with zero attached hydrogens (tertiary/aromatic N) is 1. The molecule has 1 aromatic carbocycles. The van der Waals surface area contributed by atoms with Crippen LogP contribution in [0.1, 0.15) is 58.1 Å². The molecule has 0 bridgehead atoms. The lowest BCUT2D eigenvalue weighted by Gasteiger charge is -2.24. The first kappa shape index (κ1) is 15.2. The van der Waals surface area contributed by atoms with Gasteiger partial charge in [0.25, 0.3) is 0 Å². The van der Waals surface area contributed by atoms with Gasteiger partial charge in [0.05, 0.1) is 0 Å². The lowest BCUT2D eigenvalue weighted by Crippen LogP contribution is -2.30. The van der Waals surface area contributed by atoms with E-state index < -0.39 is 0 Å². The zero-order chi connectivity index (χ0) is 14.8. The molecule has 1 unspecified atom stereocenters. The highest BCUT2D eigenvalue weighted by Crippen LogP contribution is 2.25. The first-order valence-electron chi connectivity index (χ1n) is 7.69. The molecule has 1 fully saturated rings. The van der Waals surface area contributed by atoms with Crippen LogP contribution in [0.4, 0.5) is 0 Å². The van der Waals surface area contributed by atoms with E-state index in [4.69, 9.17) is 0 Å². The molecule has 2 rings (SSSR count). The second-order valence-electron chi connectivity index (χ2n) is 7.12. The van der Waals surface area contributed by atoms with Gasteiger partial charge in [-0.2, -0.15) is 0 Å². The van der Waals surface area contributed by atoms with E-state index >= 15 is 0 Å². The number of ketones is 1. The van der Waals surface area contributed by atoms with Crippen LogP contribution in [-0.2, 0) is 16.8 Å². The van der Waals surface area contributed by atoms with Gasteiger partial charge >= 0.3 is 0 Å². The van der Waals surface area contributed by atoms with Crippen molar-refractivity contribution < 1.29 is 4.79 Å². The zero-order valence-corrected chi connectivity index (χ0v) is 13.3. The minimum atomic E-state index is 0.212. The summed E-state index contributed by atoms with van der Waals surface area (Å²) in [4.78, 5) is 13.8. The van der Waals surface area contributed by atoms with Crippen molar-refractivity contribution in [2.24, 2.45) is 0 Å². The fraction of sp³-hybridized carbons (Fsp3) is 0.611. The fourth-order valence-electron chi connectivity index (χ4n) is 3.01. The molecule has 0 N–H and O–H groups in total. The Hall–Kier alpha value is -1.15. The van der Waals surface area contributed by atoms with Crippen molar-refractivity contribution in [1.29, 1.82) is 0 Å². The Bertz CT molecular complexity index is 455. The van der Waals surface area contributed by atoms with E-state index in [2.05, 4.69) is 49.9 Å². The Morgan fingerprint density at radius 1 is 1.25 bits per heavy atom. The molecule has 1 aliphatic rings. The highest BCUT2D eigenvalue weighted by molar-refractivity contribution is 5.76. The molecule has 0 saturated carbocycles. The first-order chi connectivity index (χ1) is 9.36. The van der Waals surface area contributed by atoms with Crippen LogP contribution in [0.5, 0.6) is 0 Å². The second-order valence-corrected chi connectivity index (χ2v) is 7.12. The average molecular weight is 273 g/mol. The average Bonchev–Trinajstić information content (AvgIpc) is 2.75. The number of carbonyl (C=O) groups excluding carboxylic acids is 1. The van der Waals surface area contributed by atoms with Crippen molar-refractivity contribution in [3.63, 3.8) is 0 Å². The SMILES string of the molecule is CC(=O)CC1CCCN1Cc1ccc(C(C)(C)C)cc1. The topological polar surface area (TPSA) is 20.3 Å². The van der Waals surface area contributed by atoms with Crippen molar-refractivity contribution in [2.75, 3.05) is 6.54 Å². The van der Waals surface area contributed by atoms with Crippen LogP contribution in [0.2, 0.25) is 0 Å². The summed E-state index contributed by atoms with van der Waals surface area (Å²) < 4.78 is 0. The first-order valence-corrected chi connectivity index (χ1v) is 7.69. The molecule has 2 heteroatoms. The summed E-state index contributed by atoms with van der Waals surface area (Å²) in [7, 11) is 0. The lowest BCUT2D eigenvalue weighted by atomic mass is 9.87. The van der Waals surface area contributed by atoms with Crippen LogP contribution in [0.25, 0.3) is 0 Å². The maximum atomic E-state index is 11.3. The number of hydrogen-bond acceptors (Lipinski definition) is 2. The van der Waals surface area contributed by atoms with Crippen LogP contribution in [-0.4, -0.2) is 23.3 Å². The van der Waals surface area contributed by atoms with Crippen molar-refractivity contribution in [2.45, 2.75) is 65.0 Å². The van der Waals surface area contributed by atoms with E-state index in [0.29, 0.717) is 18.2 Å². The standard InChI is InChI=1S/C18H27NO/c1-14(20)12-17-6-5-11-19(17)13-15-7-9-16(10-8-15)18(2,3)4/h7-10,17H,5-6,11-13H2,1-4H3. The number of hydrogen-bond donors (Lipinski definition) is 0. The quantitative estimate of drug-likeness (QED) is 0.828. The molecule has 1 heterocycles. The summed E-state index contributed by atoms with van der Waals surface area (Å²) in [6.07, 6.45) is 3.09. The number of carbonyl (C=O) groups is 1. The van der Waals surface area contributed by atoms with Crippen molar-refractivity contribution >= 4 is 5.78 Å². The maximum absolute atomic E-state index is 11.3. The van der Waals surface area contributed by atoms with Gasteiger partial charge in [-0.05, 0) is 42.9 Å². The van der Waals surface area contributed by atoms with Gasteiger partial charge < -0.3 is 0 Å². The molecule has 0 aliphatic carbocycles. The Kier molecular flexibility index (Phi) is 4.64. The van der Waals surface area contributed by atoms with Gasteiger partial charge in [-0.25, -0.2) is 0 Å². The predicted molar refractivity (Wildman–Crippen MR) is 83.9 cm³/mol. The largest absolute Gasteiger partial charge is 0.300 e. The van der Waals surface area contributed by atoms with E-state index in [9.17, 15) is 4.79 Å². The Labute approximate surface area is 123 Å². The third kappa shape index (κ3) is 3.92. The van der Waals surface area contributed by atoms with E-state index in [1.165, 1.54) is 24.0 Å². The normalized spacial score (nSPS) is 20.3. The molecule has 20 heavy (non-hydrogen) atoms. The van der Waals surface area contributed by atoms with Crippen molar-refractivity contribution in [3.05, 3.63) is 35.4 Å². The monoisotopic (exact) mass is 273 g/mol. The van der Waals surface area contributed by atoms with Gasteiger partial charge in [-0.3, -0.25) is 9.69 Å². The summed E-state index contributed by atoms with van der Waals surface area (Å²) >= 11 is 0. The Balaban J connectivity index is 2.01. The highest BCUT2D eigenvalue weighted by Gasteiger charge is 2.25. The third-order valence-corrected chi connectivity index (χ3v) is 4.23. The summed E-state index contributed by atoms with van der Waals surface area (Å²) in [5.74, 6) is 0.310. The van der Waals surface area contributed by atoms with Gasteiger partial charge in [0.15, 0.2) is 0 Å². The highest BCUT2D eigenvalue weighted by atomic mass is 16.1. The summed E-state index contributed by atoms with van der Waals surface area (Å²) in [5.41, 5.74) is 2.94. The van der Waals surface area contributed by atoms with E-state index in [-0.39, 0.29) is 5.41 Å². The van der Waals surface area contributed by atoms with E-state index in [0.717, 1.165) is 13.1 Å². The van der Waals surface area contributed by atoms with Gasteiger partial charge in [-0.15, -0.1) is 0 Å². The smallest absolute Gasteiger partial charge is 0.131 e. The minimum Gasteiger partial charge on any atom is -0.300 e. The van der Waals surface area contributed by atoms with Gasteiger partial charge in [0.1, 0.15) is 5.78 Å². The molecule has 110 valence electrons. The number of likely N-dealkylation sites (tertiary alicyclic amines) is 1. The van der Waals surface area contributed by atoms with E-state index in [1.54, 1.807) is 6.92 Å². The molecule has 1 saturated heterocycles. The van der Waals surface area contributed by atoms with Crippen LogP contribution in [0.3, 0.4) is 0 Å². The molecular weight excluding hydrogens is 246 g/mol. The third-order valence-electron chi connectivity index (χ3n) is 4.23. The molecular formula is C18H27NO. The van der Waals surface area contributed by atoms with Crippen molar-refractivity contribution in [1.82, 2.24) is 4.90 Å². The van der Waals surface area contributed by atoms with Crippen LogP contribution in [0, 0.1) is 0 Å². The number of rotatable bonds is 4. The Morgan fingerprint density at radius 2 is 1.90 bits per heavy atom. The molecule has 1 aliphatic heterocycles. The predicted octanol–water partition coefficient (Wildman–Crippen LogP) is 3.93. The summed E-state index contributed by atoms with van der Waals surface area (Å²) in [5, 5.41) is 0. The fourth-order valence-corrected chi connectivity index (χ4v) is 3.01. The number of benzene rings is 1. The molecule has 0 spiro atoms. The van der Waals surface area contributed by atoms with Gasteiger partial charge in [0.2, 0.25) is 0 Å². The lowest BCUT2D eigenvalue weighted by molar-refractivity contribution is -0.118. The molecule has 2 nitrogen and oxygen atoms in total. The summed E-state index contributed by atoms with van der Waals surface area (Å²) in [6, 6.07) is 9.42. The van der Waals surface area contributed by atoms with Crippen LogP contribution in [0.15, 0.2) is 24.3 Å².